The zero-order valence-corrected chi connectivity index (χ0v) is 28.3. The van der Waals surface area contributed by atoms with Crippen LogP contribution in [0.1, 0.15) is 0 Å². The highest BCUT2D eigenvalue weighted by Crippen LogP contribution is 2.45. The highest BCUT2D eigenvalue weighted by Gasteiger charge is 2.19. The number of fused-ring (bicyclic) bond motifs is 8. The van der Waals surface area contributed by atoms with Gasteiger partial charge < -0.3 is 8.98 Å². The summed E-state index contributed by atoms with van der Waals surface area (Å²) in [5.41, 5.74) is 12.6. The second-order valence-corrected chi connectivity index (χ2v) is 13.6. The number of hydrogen-bond donors (Lipinski definition) is 0. The minimum atomic E-state index is 0.915. The van der Waals surface area contributed by atoms with Crippen molar-refractivity contribution in [1.82, 2.24) is 4.57 Å². The van der Waals surface area contributed by atoms with Crippen molar-refractivity contribution < 1.29 is 4.42 Å². The second kappa shape index (κ2) is 11.3. The van der Waals surface area contributed by atoms with E-state index < -0.39 is 0 Å². The molecule has 0 N–H and O–H groups in total. The molecule has 9 aromatic carbocycles. The lowest BCUT2D eigenvalue weighted by Gasteiger charge is -2.18. The molecule has 0 fully saturated rings. The summed E-state index contributed by atoms with van der Waals surface area (Å²) < 4.78 is 8.87. The molecule has 0 saturated carbocycles. The Bertz CT molecular complexity index is 3120. The Morgan fingerprint density at radius 3 is 1.63 bits per heavy atom. The minimum Gasteiger partial charge on any atom is -0.455 e. The number of aromatic nitrogens is 1. The van der Waals surface area contributed by atoms with Gasteiger partial charge in [0.25, 0.3) is 0 Å². The van der Waals surface area contributed by atoms with Crippen LogP contribution in [0.5, 0.6) is 0 Å². The van der Waals surface area contributed by atoms with Crippen LogP contribution in [0.4, 0.5) is 0 Å². The Morgan fingerprint density at radius 1 is 0.327 bits per heavy atom. The van der Waals surface area contributed by atoms with Gasteiger partial charge in [0.2, 0.25) is 0 Å². The minimum absolute atomic E-state index is 0.915. The fraction of sp³-hybridized carbons (Fsp3) is 0. The second-order valence-electron chi connectivity index (χ2n) is 13.6. The lowest BCUT2D eigenvalue weighted by atomic mass is 9.86. The van der Waals surface area contributed by atoms with Crippen LogP contribution < -0.4 is 0 Å². The molecule has 2 heteroatoms. The van der Waals surface area contributed by atoms with Crippen molar-refractivity contribution in [2.45, 2.75) is 0 Å². The Labute approximate surface area is 300 Å². The van der Waals surface area contributed by atoms with E-state index in [0.29, 0.717) is 0 Å². The molecule has 0 spiro atoms. The lowest BCUT2D eigenvalue weighted by molar-refractivity contribution is 0.670. The molecular weight excluding hydrogens is 631 g/mol. The van der Waals surface area contributed by atoms with Crippen LogP contribution in [0.15, 0.2) is 192 Å². The summed E-state index contributed by atoms with van der Waals surface area (Å²) in [5.74, 6) is 0. The van der Waals surface area contributed by atoms with Gasteiger partial charge in [-0.25, -0.2) is 0 Å². The summed E-state index contributed by atoms with van der Waals surface area (Å²) in [6.45, 7) is 0. The van der Waals surface area contributed by atoms with Gasteiger partial charge in [-0.05, 0) is 85.8 Å². The summed E-state index contributed by atoms with van der Waals surface area (Å²) in [4.78, 5) is 0. The largest absolute Gasteiger partial charge is 0.455 e. The molecule has 0 unspecified atom stereocenters. The molecule has 0 amide bonds. The monoisotopic (exact) mass is 661 g/mol. The van der Waals surface area contributed by atoms with Gasteiger partial charge in [0.05, 0.1) is 11.0 Å². The van der Waals surface area contributed by atoms with E-state index >= 15 is 0 Å². The summed E-state index contributed by atoms with van der Waals surface area (Å²) in [6.07, 6.45) is 0. The number of para-hydroxylation sites is 3. The van der Waals surface area contributed by atoms with Crippen molar-refractivity contribution in [3.63, 3.8) is 0 Å². The molecule has 11 aromatic rings. The Balaban J connectivity index is 1.13. The molecular formula is C50H31NO. The van der Waals surface area contributed by atoms with Gasteiger partial charge in [-0.15, -0.1) is 0 Å². The van der Waals surface area contributed by atoms with Crippen molar-refractivity contribution in [2.75, 3.05) is 0 Å². The van der Waals surface area contributed by atoms with E-state index in [0.717, 1.165) is 38.8 Å². The van der Waals surface area contributed by atoms with E-state index in [-0.39, 0.29) is 0 Å². The van der Waals surface area contributed by atoms with Gasteiger partial charge >= 0.3 is 0 Å². The smallest absolute Gasteiger partial charge is 0.143 e. The van der Waals surface area contributed by atoms with Gasteiger partial charge in [-0.2, -0.15) is 0 Å². The summed E-state index contributed by atoms with van der Waals surface area (Å²) in [6, 6.07) is 68.0. The first-order valence-corrected chi connectivity index (χ1v) is 17.9. The standard InChI is InChI=1S/C50H31NO/c1-2-14-32(15-3-1)48-39-20-4-6-22-41(39)49(42-23-7-5-21-40(42)48)34-16-12-17-35(30-34)51-45-26-10-8-18-37(45)44-31-33(28-29-46(44)51)36-24-13-25-43-38-19-9-11-27-47(38)52-50(36)43/h1-31H. The predicted octanol–water partition coefficient (Wildman–Crippen LogP) is 14.0. The topological polar surface area (TPSA) is 18.1 Å². The average molecular weight is 662 g/mol. The highest BCUT2D eigenvalue weighted by atomic mass is 16.3. The van der Waals surface area contributed by atoms with Crippen LogP contribution in [0.2, 0.25) is 0 Å². The van der Waals surface area contributed by atoms with E-state index in [1.165, 1.54) is 65.6 Å². The number of hydrogen-bond acceptors (Lipinski definition) is 1. The van der Waals surface area contributed by atoms with E-state index in [1.54, 1.807) is 0 Å². The molecule has 0 radical (unpaired) electrons. The summed E-state index contributed by atoms with van der Waals surface area (Å²) in [7, 11) is 0. The molecule has 0 aliphatic carbocycles. The SMILES string of the molecule is c1ccc(-c2c3ccccc3c(-c3cccc(-n4c5ccccc5c5cc(-c6cccc7c6oc6ccccc67)ccc54)c3)c3ccccc23)cc1. The van der Waals surface area contributed by atoms with Crippen molar-refractivity contribution in [3.8, 4) is 39.1 Å². The Kier molecular flexibility index (Phi) is 6.28. The molecule has 2 nitrogen and oxygen atoms in total. The van der Waals surface area contributed by atoms with Crippen LogP contribution in [-0.4, -0.2) is 4.57 Å². The number of rotatable bonds is 4. The molecule has 2 heterocycles. The first kappa shape index (κ1) is 28.9. The van der Waals surface area contributed by atoms with E-state index in [1.807, 2.05) is 12.1 Å². The third-order valence-corrected chi connectivity index (χ3v) is 10.8. The molecule has 0 bridgehead atoms. The maximum Gasteiger partial charge on any atom is 0.143 e. The predicted molar refractivity (Wildman–Crippen MR) is 219 cm³/mol. The van der Waals surface area contributed by atoms with Crippen molar-refractivity contribution in [2.24, 2.45) is 0 Å². The van der Waals surface area contributed by atoms with Crippen LogP contribution in [0.25, 0.3) is 104 Å². The van der Waals surface area contributed by atoms with Crippen LogP contribution in [0, 0.1) is 0 Å². The molecule has 2 aromatic heterocycles. The van der Waals surface area contributed by atoms with Crippen molar-refractivity contribution in [1.29, 1.82) is 0 Å². The molecule has 242 valence electrons. The normalized spacial score (nSPS) is 11.8. The van der Waals surface area contributed by atoms with Gasteiger partial charge in [-0.3, -0.25) is 0 Å². The molecule has 11 rings (SSSR count). The van der Waals surface area contributed by atoms with E-state index in [9.17, 15) is 0 Å². The van der Waals surface area contributed by atoms with Crippen LogP contribution in [0.3, 0.4) is 0 Å². The molecule has 0 saturated heterocycles. The summed E-state index contributed by atoms with van der Waals surface area (Å²) in [5, 5.41) is 9.76. The average Bonchev–Trinajstić information content (AvgIpc) is 3.76. The number of furan rings is 1. The molecule has 0 aliphatic rings. The van der Waals surface area contributed by atoms with Crippen molar-refractivity contribution in [3.05, 3.63) is 188 Å². The molecule has 52 heavy (non-hydrogen) atoms. The van der Waals surface area contributed by atoms with E-state index in [2.05, 4.69) is 180 Å². The van der Waals surface area contributed by atoms with Gasteiger partial charge in [0, 0.05) is 32.8 Å². The zero-order chi connectivity index (χ0) is 34.2. The molecule has 0 atom stereocenters. The Morgan fingerprint density at radius 2 is 0.885 bits per heavy atom. The first-order chi connectivity index (χ1) is 25.8. The lowest BCUT2D eigenvalue weighted by Crippen LogP contribution is -1.95. The van der Waals surface area contributed by atoms with Crippen LogP contribution >= 0.6 is 0 Å². The van der Waals surface area contributed by atoms with Gasteiger partial charge in [0.1, 0.15) is 11.2 Å². The van der Waals surface area contributed by atoms with Crippen LogP contribution in [-0.2, 0) is 0 Å². The van der Waals surface area contributed by atoms with Gasteiger partial charge in [0.15, 0.2) is 0 Å². The molecule has 0 aliphatic heterocycles. The fourth-order valence-corrected chi connectivity index (χ4v) is 8.55. The Hall–Kier alpha value is -6.90. The third-order valence-electron chi connectivity index (χ3n) is 10.8. The number of benzene rings is 9. The summed E-state index contributed by atoms with van der Waals surface area (Å²) >= 11 is 0. The van der Waals surface area contributed by atoms with Gasteiger partial charge in [-0.1, -0.05) is 152 Å². The maximum absolute atomic E-state index is 6.46. The first-order valence-electron chi connectivity index (χ1n) is 17.9. The zero-order valence-electron chi connectivity index (χ0n) is 28.3. The highest BCUT2D eigenvalue weighted by molar-refractivity contribution is 6.21. The quantitative estimate of drug-likeness (QED) is 0.172. The van der Waals surface area contributed by atoms with E-state index in [4.69, 9.17) is 4.42 Å². The third kappa shape index (κ3) is 4.25. The van der Waals surface area contributed by atoms with Crippen molar-refractivity contribution >= 4 is 65.3 Å². The maximum atomic E-state index is 6.46. The fourth-order valence-electron chi connectivity index (χ4n) is 8.55. The number of nitrogens with zero attached hydrogens (tertiary/aromatic N) is 1.